The van der Waals surface area contributed by atoms with Gasteiger partial charge in [0, 0.05) is 12.3 Å². The van der Waals surface area contributed by atoms with Crippen LogP contribution < -0.4 is 4.74 Å². The van der Waals surface area contributed by atoms with E-state index in [0.717, 1.165) is 16.6 Å². The number of hydrogen-bond acceptors (Lipinski definition) is 3. The Hall–Kier alpha value is -2.36. The maximum absolute atomic E-state index is 11.2. The van der Waals surface area contributed by atoms with Gasteiger partial charge in [0.25, 0.3) is 0 Å². The van der Waals surface area contributed by atoms with Gasteiger partial charge in [-0.1, -0.05) is 53.5 Å². The first-order chi connectivity index (χ1) is 11.5. The maximum Gasteiger partial charge on any atom is 0.308 e. The van der Waals surface area contributed by atoms with E-state index in [2.05, 4.69) is 4.98 Å². The number of fused-ring (bicyclic) bond motifs is 1. The highest BCUT2D eigenvalue weighted by atomic mass is 35.5. The Morgan fingerprint density at radius 3 is 2.62 bits per heavy atom. The van der Waals surface area contributed by atoms with Gasteiger partial charge in [0.05, 0.1) is 15.7 Å². The van der Waals surface area contributed by atoms with E-state index >= 15 is 0 Å². The Balaban J connectivity index is 1.96. The van der Waals surface area contributed by atoms with Crippen LogP contribution in [0.25, 0.3) is 23.1 Å². The molecule has 0 amide bonds. The van der Waals surface area contributed by atoms with Crippen LogP contribution in [0, 0.1) is 0 Å². The van der Waals surface area contributed by atoms with Crippen LogP contribution in [0.4, 0.5) is 0 Å². The second-order valence-electron chi connectivity index (χ2n) is 5.16. The average molecular weight is 358 g/mol. The van der Waals surface area contributed by atoms with Crippen molar-refractivity contribution in [1.29, 1.82) is 0 Å². The van der Waals surface area contributed by atoms with E-state index in [4.69, 9.17) is 27.9 Å². The summed E-state index contributed by atoms with van der Waals surface area (Å²) in [5.41, 5.74) is 2.30. The van der Waals surface area contributed by atoms with E-state index in [0.29, 0.717) is 21.3 Å². The number of aromatic nitrogens is 1. The quantitative estimate of drug-likeness (QED) is 0.449. The van der Waals surface area contributed by atoms with Crippen molar-refractivity contribution in [2.75, 3.05) is 0 Å². The number of rotatable bonds is 3. The largest absolute Gasteiger partial charge is 0.424 e. The van der Waals surface area contributed by atoms with E-state index in [1.54, 1.807) is 18.2 Å². The van der Waals surface area contributed by atoms with E-state index in [9.17, 15) is 4.79 Å². The molecule has 0 unspecified atom stereocenters. The third-order valence-corrected chi connectivity index (χ3v) is 4.09. The fourth-order valence-electron chi connectivity index (χ4n) is 2.26. The van der Waals surface area contributed by atoms with Crippen molar-refractivity contribution < 1.29 is 9.53 Å². The highest BCUT2D eigenvalue weighted by Gasteiger charge is 2.06. The first-order valence-corrected chi connectivity index (χ1v) is 8.00. The molecule has 5 heteroatoms. The molecule has 0 radical (unpaired) electrons. The normalized spacial score (nSPS) is 11.1. The molecule has 0 aliphatic heterocycles. The lowest BCUT2D eigenvalue weighted by molar-refractivity contribution is -0.131. The standard InChI is InChI=1S/C19H13Cl2NO2/c1-12(23)24-18-4-2-3-14-7-9-15(22-19(14)18)8-5-13-6-10-16(20)17(21)11-13/h2-11H,1H3. The van der Waals surface area contributed by atoms with Crippen LogP contribution in [0.5, 0.6) is 5.75 Å². The van der Waals surface area contributed by atoms with E-state index in [-0.39, 0.29) is 5.97 Å². The van der Waals surface area contributed by atoms with Gasteiger partial charge in [-0.2, -0.15) is 0 Å². The summed E-state index contributed by atoms with van der Waals surface area (Å²) in [5, 5.41) is 1.92. The smallest absolute Gasteiger partial charge is 0.308 e. The molecule has 24 heavy (non-hydrogen) atoms. The summed E-state index contributed by atoms with van der Waals surface area (Å²) in [7, 11) is 0. The zero-order valence-corrected chi connectivity index (χ0v) is 14.3. The van der Waals surface area contributed by atoms with Crippen molar-refractivity contribution in [2.45, 2.75) is 6.92 Å². The predicted molar refractivity (Wildman–Crippen MR) is 98.4 cm³/mol. The summed E-state index contributed by atoms with van der Waals surface area (Å²) in [6.07, 6.45) is 3.76. The molecule has 1 heterocycles. The summed E-state index contributed by atoms with van der Waals surface area (Å²) in [6, 6.07) is 14.7. The van der Waals surface area contributed by atoms with Gasteiger partial charge >= 0.3 is 5.97 Å². The van der Waals surface area contributed by atoms with Crippen molar-refractivity contribution in [2.24, 2.45) is 0 Å². The van der Waals surface area contributed by atoms with E-state index in [1.807, 2.05) is 42.5 Å². The molecule has 0 saturated carbocycles. The molecule has 0 bridgehead atoms. The molecule has 0 aliphatic rings. The van der Waals surface area contributed by atoms with Gasteiger partial charge in [0.2, 0.25) is 0 Å². The molecular weight excluding hydrogens is 345 g/mol. The first-order valence-electron chi connectivity index (χ1n) is 7.24. The fourth-order valence-corrected chi connectivity index (χ4v) is 2.57. The summed E-state index contributed by atoms with van der Waals surface area (Å²) in [6.45, 7) is 1.37. The van der Waals surface area contributed by atoms with Crippen molar-refractivity contribution in [3.8, 4) is 5.75 Å². The van der Waals surface area contributed by atoms with Crippen LogP contribution in [0.3, 0.4) is 0 Å². The molecular formula is C19H13Cl2NO2. The molecule has 3 rings (SSSR count). The monoisotopic (exact) mass is 357 g/mol. The SMILES string of the molecule is CC(=O)Oc1cccc2ccc(C=Cc3ccc(Cl)c(Cl)c3)nc12. The molecule has 1 aromatic heterocycles. The number of nitrogens with zero attached hydrogens (tertiary/aromatic N) is 1. The predicted octanol–water partition coefficient (Wildman–Crippen LogP) is 5.64. The van der Waals surface area contributed by atoms with Crippen molar-refractivity contribution in [3.63, 3.8) is 0 Å². The number of esters is 1. The van der Waals surface area contributed by atoms with Gasteiger partial charge in [0.15, 0.2) is 5.75 Å². The van der Waals surface area contributed by atoms with Gasteiger partial charge in [-0.25, -0.2) is 4.98 Å². The van der Waals surface area contributed by atoms with Crippen LogP contribution >= 0.6 is 23.2 Å². The third-order valence-electron chi connectivity index (χ3n) is 3.35. The lowest BCUT2D eigenvalue weighted by atomic mass is 10.1. The Labute approximate surface area is 149 Å². The summed E-state index contributed by atoms with van der Waals surface area (Å²) in [5.74, 6) is 0.0749. The van der Waals surface area contributed by atoms with Gasteiger partial charge in [-0.3, -0.25) is 4.79 Å². The van der Waals surface area contributed by atoms with Crippen LogP contribution in [-0.2, 0) is 4.79 Å². The number of ether oxygens (including phenoxy) is 1. The Kier molecular flexibility index (Phi) is 4.84. The molecule has 0 saturated heterocycles. The minimum Gasteiger partial charge on any atom is -0.424 e. The Bertz CT molecular complexity index is 951. The summed E-state index contributed by atoms with van der Waals surface area (Å²) in [4.78, 5) is 15.8. The number of halogens is 2. The topological polar surface area (TPSA) is 39.2 Å². The Morgan fingerprint density at radius 1 is 1.04 bits per heavy atom. The van der Waals surface area contributed by atoms with Crippen LogP contribution in [0.2, 0.25) is 10.0 Å². The van der Waals surface area contributed by atoms with Gasteiger partial charge in [0.1, 0.15) is 5.52 Å². The highest BCUT2D eigenvalue weighted by Crippen LogP contribution is 2.26. The molecule has 0 aliphatic carbocycles. The maximum atomic E-state index is 11.2. The number of hydrogen-bond donors (Lipinski definition) is 0. The zero-order valence-electron chi connectivity index (χ0n) is 12.8. The minimum atomic E-state index is -0.374. The molecule has 3 aromatic rings. The summed E-state index contributed by atoms with van der Waals surface area (Å²) < 4.78 is 5.22. The number of carbonyl (C=O) groups excluding carboxylic acids is 1. The lowest BCUT2D eigenvalue weighted by Crippen LogP contribution is -2.02. The average Bonchev–Trinajstić information content (AvgIpc) is 2.56. The molecule has 0 N–H and O–H groups in total. The van der Waals surface area contributed by atoms with E-state index < -0.39 is 0 Å². The van der Waals surface area contributed by atoms with Gasteiger partial charge in [-0.05, 0) is 35.9 Å². The van der Waals surface area contributed by atoms with Gasteiger partial charge in [-0.15, -0.1) is 0 Å². The van der Waals surface area contributed by atoms with Crippen LogP contribution in [-0.4, -0.2) is 11.0 Å². The molecule has 0 spiro atoms. The number of carbonyl (C=O) groups is 1. The van der Waals surface area contributed by atoms with Crippen LogP contribution in [0.15, 0.2) is 48.5 Å². The van der Waals surface area contributed by atoms with Crippen molar-refractivity contribution >= 4 is 52.2 Å². The second-order valence-corrected chi connectivity index (χ2v) is 5.98. The van der Waals surface area contributed by atoms with E-state index in [1.165, 1.54) is 6.92 Å². The summed E-state index contributed by atoms with van der Waals surface area (Å²) >= 11 is 11.9. The van der Waals surface area contributed by atoms with Crippen molar-refractivity contribution in [1.82, 2.24) is 4.98 Å². The molecule has 3 nitrogen and oxygen atoms in total. The van der Waals surface area contributed by atoms with Crippen molar-refractivity contribution in [3.05, 3.63) is 69.8 Å². The minimum absolute atomic E-state index is 0.374. The molecule has 0 fully saturated rings. The Morgan fingerprint density at radius 2 is 1.88 bits per heavy atom. The zero-order chi connectivity index (χ0) is 17.1. The molecule has 2 aromatic carbocycles. The van der Waals surface area contributed by atoms with Gasteiger partial charge < -0.3 is 4.74 Å². The number of para-hydroxylation sites is 1. The number of benzene rings is 2. The second kappa shape index (κ2) is 7.04. The number of pyridine rings is 1. The highest BCUT2D eigenvalue weighted by molar-refractivity contribution is 6.42. The molecule has 0 atom stereocenters. The first kappa shape index (κ1) is 16.5. The molecule has 120 valence electrons. The lowest BCUT2D eigenvalue weighted by Gasteiger charge is -2.06. The third kappa shape index (κ3) is 3.75. The van der Waals surface area contributed by atoms with Crippen LogP contribution in [0.1, 0.15) is 18.2 Å². The fraction of sp³-hybridized carbons (Fsp3) is 0.0526.